The Hall–Kier alpha value is -3.07. The molecule has 176 valence electrons. The number of piperidine rings is 1. The molecule has 2 amide bonds. The van der Waals surface area contributed by atoms with E-state index < -0.39 is 7.26 Å². The number of benzene rings is 4. The second kappa shape index (κ2) is 11.1. The third-order valence-electron chi connectivity index (χ3n) is 6.51. The van der Waals surface area contributed by atoms with Gasteiger partial charge in [-0.2, -0.15) is 0 Å². The number of carbonyl (C=O) groups is 2. The fraction of sp³-hybridized carbons (Fsp3) is 0.133. The van der Waals surface area contributed by atoms with Crippen molar-refractivity contribution in [3.05, 3.63) is 121 Å². The Bertz CT molecular complexity index is 1180. The largest absolute Gasteiger partial charge is 1.00 e. The van der Waals surface area contributed by atoms with Crippen LogP contribution in [0, 0.1) is 0 Å². The zero-order valence-electron chi connectivity index (χ0n) is 19.4. The van der Waals surface area contributed by atoms with Gasteiger partial charge in [-0.3, -0.25) is 14.5 Å². The van der Waals surface area contributed by atoms with Gasteiger partial charge in [-0.25, -0.2) is 0 Å². The van der Waals surface area contributed by atoms with Crippen molar-refractivity contribution in [2.24, 2.45) is 0 Å². The molecule has 5 heteroatoms. The average Bonchev–Trinajstić information content (AvgIpc) is 2.89. The third kappa shape index (κ3) is 4.87. The van der Waals surface area contributed by atoms with E-state index in [2.05, 4.69) is 78.9 Å². The van der Waals surface area contributed by atoms with Gasteiger partial charge in [0.1, 0.15) is 29.3 Å². The summed E-state index contributed by atoms with van der Waals surface area (Å²) in [5.74, 6) is -0.210. The standard InChI is InChI=1S/C30H27NO2P.BrH/c32-29-21-12-22-30(33)31(29)28-20-11-10-13-24(28)23-34(25-14-4-1-5-15-25,26-16-6-2-7-17-26)27-18-8-3-9-19-27;/h1-11,13-20H,12,21-23H2;1H/q+1;/p-1. The van der Waals surface area contributed by atoms with Gasteiger partial charge in [-0.15, -0.1) is 0 Å². The minimum Gasteiger partial charge on any atom is -1.00 e. The van der Waals surface area contributed by atoms with E-state index in [0.717, 1.165) is 17.4 Å². The number of amides is 2. The fourth-order valence-corrected chi connectivity index (χ4v) is 9.17. The summed E-state index contributed by atoms with van der Waals surface area (Å²) in [4.78, 5) is 27.1. The Kier molecular flexibility index (Phi) is 7.95. The van der Waals surface area contributed by atoms with Crippen LogP contribution in [0.2, 0.25) is 0 Å². The summed E-state index contributed by atoms with van der Waals surface area (Å²) >= 11 is 0. The van der Waals surface area contributed by atoms with Crippen LogP contribution in [0.5, 0.6) is 0 Å². The van der Waals surface area contributed by atoms with Crippen molar-refractivity contribution in [2.75, 3.05) is 4.90 Å². The Morgan fingerprint density at radius 1 is 0.571 bits per heavy atom. The summed E-state index contributed by atoms with van der Waals surface area (Å²) in [6.45, 7) is 0. The molecule has 1 saturated heterocycles. The highest BCUT2D eigenvalue weighted by Crippen LogP contribution is 2.59. The van der Waals surface area contributed by atoms with Gasteiger partial charge < -0.3 is 17.0 Å². The molecule has 0 aliphatic carbocycles. The molecule has 35 heavy (non-hydrogen) atoms. The van der Waals surface area contributed by atoms with Crippen LogP contribution in [0.25, 0.3) is 0 Å². The molecular weight excluding hydrogens is 517 g/mol. The highest BCUT2D eigenvalue weighted by molar-refractivity contribution is 7.95. The van der Waals surface area contributed by atoms with Crippen molar-refractivity contribution in [1.29, 1.82) is 0 Å². The second-order valence-electron chi connectivity index (χ2n) is 8.58. The van der Waals surface area contributed by atoms with E-state index in [0.29, 0.717) is 19.3 Å². The zero-order chi connectivity index (χ0) is 23.4. The molecule has 5 rings (SSSR count). The summed E-state index contributed by atoms with van der Waals surface area (Å²) < 4.78 is 0. The summed E-state index contributed by atoms with van der Waals surface area (Å²) in [6, 6.07) is 39.9. The quantitative estimate of drug-likeness (QED) is 0.276. The van der Waals surface area contributed by atoms with Crippen LogP contribution in [-0.2, 0) is 15.8 Å². The van der Waals surface area contributed by atoms with E-state index in [1.54, 1.807) is 0 Å². The number of anilines is 1. The Morgan fingerprint density at radius 2 is 0.971 bits per heavy atom. The van der Waals surface area contributed by atoms with Crippen LogP contribution >= 0.6 is 7.26 Å². The van der Waals surface area contributed by atoms with Gasteiger partial charge in [-0.1, -0.05) is 72.8 Å². The SMILES string of the molecule is O=C1CCCC(=O)N1c1ccccc1C[P+](c1ccccc1)(c1ccccc1)c1ccccc1.[Br-]. The van der Waals surface area contributed by atoms with Crippen molar-refractivity contribution < 1.29 is 26.6 Å². The first-order chi connectivity index (χ1) is 16.7. The molecule has 0 saturated carbocycles. The minimum atomic E-state index is -2.14. The van der Waals surface area contributed by atoms with Crippen molar-refractivity contribution in [1.82, 2.24) is 0 Å². The molecule has 0 N–H and O–H groups in total. The lowest BCUT2D eigenvalue weighted by Gasteiger charge is -2.31. The molecule has 0 spiro atoms. The Balaban J connectivity index is 0.00000289. The molecule has 0 radical (unpaired) electrons. The van der Waals surface area contributed by atoms with E-state index in [-0.39, 0.29) is 28.8 Å². The minimum absolute atomic E-state index is 0. The number of imide groups is 1. The zero-order valence-corrected chi connectivity index (χ0v) is 21.9. The third-order valence-corrected chi connectivity index (χ3v) is 10.9. The predicted octanol–water partition coefficient (Wildman–Crippen LogP) is 2.23. The summed E-state index contributed by atoms with van der Waals surface area (Å²) in [5.41, 5.74) is 1.75. The van der Waals surface area contributed by atoms with Crippen LogP contribution in [0.3, 0.4) is 0 Å². The summed E-state index contributed by atoms with van der Waals surface area (Å²) in [5, 5.41) is 3.83. The van der Waals surface area contributed by atoms with E-state index in [4.69, 9.17) is 0 Å². The lowest BCUT2D eigenvalue weighted by molar-refractivity contribution is -0.129. The van der Waals surface area contributed by atoms with Gasteiger partial charge in [0.25, 0.3) is 0 Å². The van der Waals surface area contributed by atoms with E-state index in [1.807, 2.05) is 36.4 Å². The monoisotopic (exact) mass is 543 g/mol. The topological polar surface area (TPSA) is 37.4 Å². The van der Waals surface area contributed by atoms with Crippen LogP contribution < -0.4 is 37.8 Å². The molecule has 1 aliphatic rings. The van der Waals surface area contributed by atoms with Gasteiger partial charge in [0, 0.05) is 18.4 Å². The van der Waals surface area contributed by atoms with Crippen molar-refractivity contribution >= 4 is 40.7 Å². The second-order valence-corrected chi connectivity index (χ2v) is 12.1. The molecule has 0 atom stereocenters. The predicted molar refractivity (Wildman–Crippen MR) is 142 cm³/mol. The lowest BCUT2D eigenvalue weighted by atomic mass is 10.1. The van der Waals surface area contributed by atoms with E-state index in [1.165, 1.54) is 20.8 Å². The average molecular weight is 544 g/mol. The van der Waals surface area contributed by atoms with Crippen molar-refractivity contribution in [3.63, 3.8) is 0 Å². The number of hydrogen-bond donors (Lipinski definition) is 0. The van der Waals surface area contributed by atoms with Crippen LogP contribution in [0.1, 0.15) is 24.8 Å². The van der Waals surface area contributed by atoms with Gasteiger partial charge in [0.15, 0.2) is 0 Å². The number of para-hydroxylation sites is 1. The number of nitrogens with zero attached hydrogens (tertiary/aromatic N) is 1. The molecule has 1 aliphatic heterocycles. The molecule has 3 nitrogen and oxygen atoms in total. The fourth-order valence-electron chi connectivity index (χ4n) is 4.91. The number of hydrogen-bond acceptors (Lipinski definition) is 2. The highest BCUT2D eigenvalue weighted by atomic mass is 79.9. The first kappa shape index (κ1) is 25.0. The molecule has 1 heterocycles. The summed E-state index contributed by atoms with van der Waals surface area (Å²) in [6.07, 6.45) is 2.18. The molecule has 1 fully saturated rings. The Labute approximate surface area is 217 Å². The molecule has 0 unspecified atom stereocenters. The highest BCUT2D eigenvalue weighted by Gasteiger charge is 2.46. The summed E-state index contributed by atoms with van der Waals surface area (Å²) in [7, 11) is -2.14. The number of carbonyl (C=O) groups excluding carboxylic acids is 2. The number of halogens is 1. The first-order valence-electron chi connectivity index (χ1n) is 11.7. The van der Waals surface area contributed by atoms with Gasteiger partial charge in [0.05, 0.1) is 5.69 Å². The maximum atomic E-state index is 12.8. The maximum Gasteiger partial charge on any atom is 0.233 e. The first-order valence-corrected chi connectivity index (χ1v) is 13.7. The van der Waals surface area contributed by atoms with Gasteiger partial charge >= 0.3 is 0 Å². The van der Waals surface area contributed by atoms with Crippen molar-refractivity contribution in [3.8, 4) is 0 Å². The van der Waals surface area contributed by atoms with E-state index >= 15 is 0 Å². The molecule has 4 aromatic carbocycles. The molecule has 0 aromatic heterocycles. The lowest BCUT2D eigenvalue weighted by Crippen LogP contribution is -3.00. The maximum absolute atomic E-state index is 12.8. The number of rotatable bonds is 6. The normalized spacial score (nSPS) is 13.9. The van der Waals surface area contributed by atoms with E-state index in [9.17, 15) is 9.59 Å². The van der Waals surface area contributed by atoms with Gasteiger partial charge in [0.2, 0.25) is 11.8 Å². The smallest absolute Gasteiger partial charge is 0.233 e. The van der Waals surface area contributed by atoms with Crippen LogP contribution in [-0.4, -0.2) is 11.8 Å². The van der Waals surface area contributed by atoms with Gasteiger partial charge in [-0.05, 0) is 48.9 Å². The molecule has 4 aromatic rings. The Morgan fingerprint density at radius 3 is 1.43 bits per heavy atom. The molecular formula is C30H27BrNO2P. The van der Waals surface area contributed by atoms with Crippen molar-refractivity contribution in [2.45, 2.75) is 25.4 Å². The van der Waals surface area contributed by atoms with Crippen LogP contribution in [0.15, 0.2) is 115 Å². The van der Waals surface area contributed by atoms with Crippen LogP contribution in [0.4, 0.5) is 5.69 Å². The molecule has 0 bridgehead atoms.